The van der Waals surface area contributed by atoms with Gasteiger partial charge in [0.2, 0.25) is 0 Å². The summed E-state index contributed by atoms with van der Waals surface area (Å²) in [6.07, 6.45) is 3.33. The summed E-state index contributed by atoms with van der Waals surface area (Å²) >= 11 is 0. The third kappa shape index (κ3) is 3.65. The number of carbonyl (C=O) groups excluding carboxylic acids is 1. The molecule has 0 bridgehead atoms. The minimum absolute atomic E-state index is 0.0460. The predicted molar refractivity (Wildman–Crippen MR) is 97.7 cm³/mol. The number of ether oxygens (including phenoxy) is 1. The molecular weight excluding hydrogens is 314 g/mol. The summed E-state index contributed by atoms with van der Waals surface area (Å²) in [5.41, 5.74) is 4.20. The van der Waals surface area contributed by atoms with Crippen molar-refractivity contribution in [2.24, 2.45) is 7.05 Å². The predicted octanol–water partition coefficient (Wildman–Crippen LogP) is 2.94. The molecule has 0 radical (unpaired) electrons. The Balaban J connectivity index is 1.72. The molecule has 1 aliphatic rings. The summed E-state index contributed by atoms with van der Waals surface area (Å²) in [7, 11) is 1.84. The number of hydrogen-bond donors (Lipinski definition) is 0. The number of aromatic nitrogens is 1. The highest BCUT2D eigenvalue weighted by Crippen LogP contribution is 2.18. The zero-order valence-corrected chi connectivity index (χ0v) is 14.5. The van der Waals surface area contributed by atoms with E-state index in [9.17, 15) is 4.79 Å². The van der Waals surface area contributed by atoms with Crippen molar-refractivity contribution in [2.75, 3.05) is 31.2 Å². The number of carbonyl (C=O) groups is 1. The Morgan fingerprint density at radius 2 is 1.92 bits per heavy atom. The standard InChI is InChI=1S/C20H21N3O2/c1-15-17(13-19(14-21)22(15)2)5-8-20(24)16-3-6-18(7-4-16)23-9-11-25-12-10-23/h3-8,13H,9-12H2,1-2H3/b8-5+. The van der Waals surface area contributed by atoms with E-state index in [-0.39, 0.29) is 5.78 Å². The molecule has 128 valence electrons. The number of ketones is 1. The van der Waals surface area contributed by atoms with E-state index < -0.39 is 0 Å². The molecule has 0 saturated carbocycles. The second-order valence-corrected chi connectivity index (χ2v) is 6.09. The van der Waals surface area contributed by atoms with E-state index in [1.165, 1.54) is 0 Å². The molecule has 0 N–H and O–H groups in total. The van der Waals surface area contributed by atoms with E-state index in [4.69, 9.17) is 10.00 Å². The topological polar surface area (TPSA) is 58.3 Å². The highest BCUT2D eigenvalue weighted by atomic mass is 16.5. The van der Waals surface area contributed by atoms with Crippen LogP contribution in [0, 0.1) is 18.3 Å². The molecule has 3 rings (SSSR count). The van der Waals surface area contributed by atoms with E-state index >= 15 is 0 Å². The van der Waals surface area contributed by atoms with Crippen LogP contribution < -0.4 is 4.90 Å². The molecule has 25 heavy (non-hydrogen) atoms. The first-order valence-electron chi connectivity index (χ1n) is 8.31. The van der Waals surface area contributed by atoms with E-state index in [0.717, 1.165) is 43.2 Å². The van der Waals surface area contributed by atoms with Gasteiger partial charge in [-0.25, -0.2) is 0 Å². The van der Waals surface area contributed by atoms with Crippen molar-refractivity contribution in [1.82, 2.24) is 4.57 Å². The monoisotopic (exact) mass is 335 g/mol. The summed E-state index contributed by atoms with van der Waals surface area (Å²) in [5.74, 6) is -0.0460. The van der Waals surface area contributed by atoms with E-state index in [1.54, 1.807) is 18.2 Å². The number of anilines is 1. The van der Waals surface area contributed by atoms with Crippen molar-refractivity contribution in [3.63, 3.8) is 0 Å². The summed E-state index contributed by atoms with van der Waals surface area (Å²) < 4.78 is 7.18. The number of nitriles is 1. The fourth-order valence-electron chi connectivity index (χ4n) is 2.92. The van der Waals surface area contributed by atoms with Crippen molar-refractivity contribution in [3.8, 4) is 6.07 Å². The molecule has 0 spiro atoms. The molecule has 0 amide bonds. The van der Waals surface area contributed by atoms with Gasteiger partial charge in [-0.05, 0) is 55.0 Å². The van der Waals surface area contributed by atoms with Gasteiger partial charge in [0.1, 0.15) is 11.8 Å². The molecule has 5 nitrogen and oxygen atoms in total. The van der Waals surface area contributed by atoms with Gasteiger partial charge in [0, 0.05) is 37.1 Å². The molecule has 1 aromatic heterocycles. The van der Waals surface area contributed by atoms with Crippen molar-refractivity contribution in [1.29, 1.82) is 5.26 Å². The van der Waals surface area contributed by atoms with Crippen LogP contribution in [0.4, 0.5) is 5.69 Å². The van der Waals surface area contributed by atoms with Crippen LogP contribution in [0.15, 0.2) is 36.4 Å². The first kappa shape index (κ1) is 17.0. The largest absolute Gasteiger partial charge is 0.378 e. The third-order valence-corrected chi connectivity index (χ3v) is 4.63. The van der Waals surface area contributed by atoms with Crippen molar-refractivity contribution < 1.29 is 9.53 Å². The quantitative estimate of drug-likeness (QED) is 0.637. The lowest BCUT2D eigenvalue weighted by Gasteiger charge is -2.28. The van der Waals surface area contributed by atoms with Gasteiger partial charge in [-0.1, -0.05) is 0 Å². The van der Waals surface area contributed by atoms with Crippen LogP contribution in [0.2, 0.25) is 0 Å². The fourth-order valence-corrected chi connectivity index (χ4v) is 2.92. The number of rotatable bonds is 4. The van der Waals surface area contributed by atoms with Crippen molar-refractivity contribution in [2.45, 2.75) is 6.92 Å². The molecule has 0 unspecified atom stereocenters. The maximum absolute atomic E-state index is 12.4. The molecule has 2 aromatic rings. The Hall–Kier alpha value is -2.84. The molecule has 1 aliphatic heterocycles. The smallest absolute Gasteiger partial charge is 0.185 e. The summed E-state index contributed by atoms with van der Waals surface area (Å²) in [4.78, 5) is 14.6. The van der Waals surface area contributed by atoms with Crippen LogP contribution in [0.25, 0.3) is 6.08 Å². The molecule has 0 atom stereocenters. The maximum Gasteiger partial charge on any atom is 0.185 e. The van der Waals surface area contributed by atoms with E-state index in [0.29, 0.717) is 11.3 Å². The number of nitrogens with zero attached hydrogens (tertiary/aromatic N) is 3. The lowest BCUT2D eigenvalue weighted by molar-refractivity contribution is 0.104. The maximum atomic E-state index is 12.4. The molecule has 1 saturated heterocycles. The van der Waals surface area contributed by atoms with Gasteiger partial charge in [-0.3, -0.25) is 4.79 Å². The molecular formula is C20H21N3O2. The molecule has 2 heterocycles. The second-order valence-electron chi connectivity index (χ2n) is 6.09. The Morgan fingerprint density at radius 3 is 2.52 bits per heavy atom. The zero-order valence-electron chi connectivity index (χ0n) is 14.5. The first-order chi connectivity index (χ1) is 12.1. The van der Waals surface area contributed by atoms with E-state index in [1.807, 2.05) is 42.8 Å². The number of morpholine rings is 1. The fraction of sp³-hybridized carbons (Fsp3) is 0.300. The van der Waals surface area contributed by atoms with Gasteiger partial charge in [0.05, 0.1) is 13.2 Å². The van der Waals surface area contributed by atoms with Crippen LogP contribution in [-0.4, -0.2) is 36.7 Å². The highest BCUT2D eigenvalue weighted by molar-refractivity contribution is 6.07. The van der Waals surface area contributed by atoms with Crippen LogP contribution in [0.3, 0.4) is 0 Å². The Bertz CT molecular complexity index is 835. The van der Waals surface area contributed by atoms with Gasteiger partial charge in [-0.15, -0.1) is 0 Å². The normalized spacial score (nSPS) is 14.7. The number of benzene rings is 1. The van der Waals surface area contributed by atoms with Gasteiger partial charge >= 0.3 is 0 Å². The van der Waals surface area contributed by atoms with Gasteiger partial charge < -0.3 is 14.2 Å². The highest BCUT2D eigenvalue weighted by Gasteiger charge is 2.12. The number of hydrogen-bond acceptors (Lipinski definition) is 4. The SMILES string of the molecule is Cc1c(/C=C/C(=O)c2ccc(N3CCOCC3)cc2)cc(C#N)n1C. The van der Waals surface area contributed by atoms with Crippen LogP contribution >= 0.6 is 0 Å². The lowest BCUT2D eigenvalue weighted by atomic mass is 10.1. The Kier molecular flexibility index (Phi) is 5.01. The Labute approximate surface area is 147 Å². The average Bonchev–Trinajstić information content (AvgIpc) is 2.94. The average molecular weight is 335 g/mol. The number of allylic oxidation sites excluding steroid dienone is 1. The summed E-state index contributed by atoms with van der Waals surface area (Å²) in [5, 5.41) is 9.07. The molecule has 1 aromatic carbocycles. The third-order valence-electron chi connectivity index (χ3n) is 4.63. The van der Waals surface area contributed by atoms with Gasteiger partial charge in [0.25, 0.3) is 0 Å². The van der Waals surface area contributed by atoms with Crippen LogP contribution in [0.1, 0.15) is 27.3 Å². The zero-order chi connectivity index (χ0) is 17.8. The molecule has 0 aliphatic carbocycles. The summed E-state index contributed by atoms with van der Waals surface area (Å²) in [6.45, 7) is 5.17. The van der Waals surface area contributed by atoms with E-state index in [2.05, 4.69) is 11.0 Å². The van der Waals surface area contributed by atoms with Gasteiger partial charge in [0.15, 0.2) is 5.78 Å². The molecule has 5 heteroatoms. The molecule has 1 fully saturated rings. The minimum atomic E-state index is -0.0460. The van der Waals surface area contributed by atoms with Crippen molar-refractivity contribution >= 4 is 17.5 Å². The minimum Gasteiger partial charge on any atom is -0.378 e. The second kappa shape index (κ2) is 7.37. The summed E-state index contributed by atoms with van der Waals surface area (Å²) in [6, 6.07) is 11.6. The Morgan fingerprint density at radius 1 is 1.24 bits per heavy atom. The van der Waals surface area contributed by atoms with Crippen molar-refractivity contribution in [3.05, 3.63) is 58.9 Å². The van der Waals surface area contributed by atoms with Crippen LogP contribution in [-0.2, 0) is 11.8 Å². The first-order valence-corrected chi connectivity index (χ1v) is 8.31. The van der Waals surface area contributed by atoms with Crippen LogP contribution in [0.5, 0.6) is 0 Å². The van der Waals surface area contributed by atoms with Gasteiger partial charge in [-0.2, -0.15) is 5.26 Å². The lowest BCUT2D eigenvalue weighted by Crippen LogP contribution is -2.36.